The third-order valence-corrected chi connectivity index (χ3v) is 21.9. The molecular formula is C73H74BNS. The monoisotopic (exact) mass is 1010 g/mol. The number of nitrogens with zero attached hydrogens (tertiary/aromatic N) is 1. The predicted octanol–water partition coefficient (Wildman–Crippen LogP) is 18.0. The first-order valence-electron chi connectivity index (χ1n) is 28.9. The van der Waals surface area contributed by atoms with Crippen molar-refractivity contribution in [3.8, 4) is 11.1 Å². The van der Waals surface area contributed by atoms with Crippen LogP contribution in [-0.4, -0.2) is 6.71 Å². The maximum atomic E-state index is 2.80. The lowest BCUT2D eigenvalue weighted by molar-refractivity contribution is 0.0926. The largest absolute Gasteiger partial charge is 0.311 e. The highest BCUT2D eigenvalue weighted by atomic mass is 32.1. The van der Waals surface area contributed by atoms with Gasteiger partial charge in [-0.25, -0.2) is 0 Å². The second-order valence-electron chi connectivity index (χ2n) is 27.0. The van der Waals surface area contributed by atoms with E-state index in [1.54, 1.807) is 27.6 Å². The molecule has 14 rings (SSSR count). The number of benzene rings is 8. The van der Waals surface area contributed by atoms with Gasteiger partial charge in [-0.15, -0.1) is 11.3 Å². The molecule has 1 fully saturated rings. The van der Waals surface area contributed by atoms with Gasteiger partial charge in [0.25, 0.3) is 0 Å². The van der Waals surface area contributed by atoms with E-state index in [1.807, 2.05) is 11.3 Å². The van der Waals surface area contributed by atoms with Crippen LogP contribution in [0, 0.1) is 12.3 Å². The van der Waals surface area contributed by atoms with Crippen molar-refractivity contribution in [1.82, 2.24) is 0 Å². The van der Waals surface area contributed by atoms with Gasteiger partial charge in [0.05, 0.1) is 5.69 Å². The zero-order valence-corrected chi connectivity index (χ0v) is 47.6. The molecule has 380 valence electrons. The average molecular weight is 1010 g/mol. The van der Waals surface area contributed by atoms with E-state index in [9.17, 15) is 0 Å². The maximum absolute atomic E-state index is 2.80. The molecular weight excluding hydrogens is 934 g/mol. The fourth-order valence-corrected chi connectivity index (χ4v) is 17.5. The quantitative estimate of drug-likeness (QED) is 0.144. The Bertz CT molecular complexity index is 3830. The molecule has 4 unspecified atom stereocenters. The number of anilines is 3. The summed E-state index contributed by atoms with van der Waals surface area (Å²) in [5.41, 5.74) is 26.6. The number of thiophene rings is 1. The van der Waals surface area contributed by atoms with Gasteiger partial charge in [0.15, 0.2) is 0 Å². The van der Waals surface area contributed by atoms with Gasteiger partial charge in [0, 0.05) is 48.9 Å². The van der Waals surface area contributed by atoms with Crippen LogP contribution in [0.4, 0.5) is 17.1 Å². The summed E-state index contributed by atoms with van der Waals surface area (Å²) in [6.45, 7) is 24.8. The van der Waals surface area contributed by atoms with E-state index in [4.69, 9.17) is 0 Å². The van der Waals surface area contributed by atoms with Gasteiger partial charge in [0.2, 0.25) is 6.71 Å². The molecule has 0 bridgehead atoms. The number of hydrogen-bond donors (Lipinski definition) is 0. The maximum Gasteiger partial charge on any atom is 0.247 e. The predicted molar refractivity (Wildman–Crippen MR) is 328 cm³/mol. The molecule has 0 radical (unpaired) electrons. The molecule has 4 atom stereocenters. The SMILES string of the molecule is Cc1cc2c3c(c1)N(c1cc4c(cc1-c1ccccc1)C(C)(C)CCC4(C)C)c1cc(CCC(c4ccc(C(C)(C)C)cc4)c4cccc5c4sc4ccccc45)ccc1B3c1cccc3c1C2C1(C)CCCCC31C. The molecule has 3 heterocycles. The Balaban J connectivity index is 0.994. The number of fused-ring (bicyclic) bond motifs is 11. The summed E-state index contributed by atoms with van der Waals surface area (Å²) in [6.07, 6.45) is 9.48. The van der Waals surface area contributed by atoms with Crippen molar-refractivity contribution in [3.05, 3.63) is 213 Å². The minimum Gasteiger partial charge on any atom is -0.311 e. The van der Waals surface area contributed by atoms with Crippen LogP contribution in [0.5, 0.6) is 0 Å². The summed E-state index contributed by atoms with van der Waals surface area (Å²) in [7, 11) is 0. The number of aryl methyl sites for hydroxylation is 2. The van der Waals surface area contributed by atoms with Crippen LogP contribution in [0.25, 0.3) is 31.3 Å². The van der Waals surface area contributed by atoms with Crippen LogP contribution in [0.3, 0.4) is 0 Å². The zero-order valence-electron chi connectivity index (χ0n) is 46.8. The fraction of sp³-hybridized carbons (Fsp3) is 0.342. The summed E-state index contributed by atoms with van der Waals surface area (Å²) in [5.74, 6) is 0.599. The lowest BCUT2D eigenvalue weighted by Crippen LogP contribution is -2.62. The molecule has 76 heavy (non-hydrogen) atoms. The first-order valence-corrected chi connectivity index (χ1v) is 29.7. The van der Waals surface area contributed by atoms with Crippen molar-refractivity contribution < 1.29 is 0 Å². The first-order chi connectivity index (χ1) is 36.4. The summed E-state index contributed by atoms with van der Waals surface area (Å²) in [5, 5.41) is 2.74. The van der Waals surface area contributed by atoms with Gasteiger partial charge in [-0.2, -0.15) is 0 Å². The molecule has 2 aliphatic heterocycles. The second kappa shape index (κ2) is 16.9. The van der Waals surface area contributed by atoms with E-state index in [0.29, 0.717) is 5.92 Å². The van der Waals surface area contributed by atoms with E-state index >= 15 is 0 Å². The number of rotatable bonds is 7. The number of hydrogen-bond acceptors (Lipinski definition) is 2. The Hall–Kier alpha value is -6.16. The van der Waals surface area contributed by atoms with Crippen LogP contribution < -0.4 is 21.3 Å². The van der Waals surface area contributed by atoms with E-state index in [2.05, 4.69) is 232 Å². The van der Waals surface area contributed by atoms with Crippen molar-refractivity contribution in [2.45, 2.75) is 154 Å². The smallest absolute Gasteiger partial charge is 0.247 e. The van der Waals surface area contributed by atoms with Gasteiger partial charge in [0.1, 0.15) is 0 Å². The van der Waals surface area contributed by atoms with Crippen molar-refractivity contribution in [2.75, 3.05) is 4.90 Å². The molecule has 3 aliphatic carbocycles. The molecule has 8 aromatic carbocycles. The normalized spacial score (nSPS) is 21.9. The van der Waals surface area contributed by atoms with Crippen LogP contribution in [0.1, 0.15) is 175 Å². The molecule has 9 aromatic rings. The Morgan fingerprint density at radius 2 is 1.33 bits per heavy atom. The van der Waals surface area contributed by atoms with Gasteiger partial charge < -0.3 is 4.90 Å². The summed E-state index contributed by atoms with van der Waals surface area (Å²) < 4.78 is 2.79. The Morgan fingerprint density at radius 3 is 2.11 bits per heavy atom. The van der Waals surface area contributed by atoms with E-state index in [0.717, 1.165) is 12.8 Å². The third-order valence-electron chi connectivity index (χ3n) is 20.7. The molecule has 1 saturated carbocycles. The second-order valence-corrected chi connectivity index (χ2v) is 28.0. The minimum atomic E-state index is 0.0421. The Labute approximate surface area is 457 Å². The van der Waals surface area contributed by atoms with Crippen LogP contribution in [0.15, 0.2) is 158 Å². The minimum absolute atomic E-state index is 0.0421. The molecule has 0 amide bonds. The molecule has 3 heteroatoms. The lowest BCUT2D eigenvalue weighted by Gasteiger charge is -2.51. The standard InChI is InChI=1S/C73H74BNS/c1-45-40-55-66-65-56(72(9)36-16-17-37-73(66,72)10)25-19-26-60(65)74-59-35-29-46(28-34-50(48-30-32-49(33-31-48)69(2,3)4)52-23-18-24-53-51-22-14-15-27-64(51)76-68(52)53)42-62(59)75(63(41-45)67(55)74)61-44-58-57(70(5,6)38-39-71(58,7)8)43-54(61)47-20-12-11-13-21-47/h11-15,18-27,29-33,35,40-44,50,66H,16-17,28,34,36-39H2,1-10H3. The average Bonchev–Trinajstić information content (AvgIpc) is 4.03. The molecule has 1 aromatic heterocycles. The summed E-state index contributed by atoms with van der Waals surface area (Å²) in [6, 6.07) is 63.0. The van der Waals surface area contributed by atoms with Crippen molar-refractivity contribution in [2.24, 2.45) is 5.41 Å². The molecule has 1 nitrogen and oxygen atoms in total. The zero-order chi connectivity index (χ0) is 52.3. The van der Waals surface area contributed by atoms with Gasteiger partial charge >= 0.3 is 0 Å². The summed E-state index contributed by atoms with van der Waals surface area (Å²) >= 11 is 1.97. The van der Waals surface area contributed by atoms with Gasteiger partial charge in [-0.1, -0.05) is 208 Å². The molecule has 0 spiro atoms. The van der Waals surface area contributed by atoms with Crippen molar-refractivity contribution >= 4 is 71.7 Å². The van der Waals surface area contributed by atoms with E-state index < -0.39 is 0 Å². The van der Waals surface area contributed by atoms with Gasteiger partial charge in [-0.05, 0) is 175 Å². The topological polar surface area (TPSA) is 3.24 Å². The molecule has 0 saturated heterocycles. The lowest BCUT2D eigenvalue weighted by atomic mass is 9.30. The van der Waals surface area contributed by atoms with Gasteiger partial charge in [-0.3, -0.25) is 0 Å². The highest BCUT2D eigenvalue weighted by molar-refractivity contribution is 7.26. The van der Waals surface area contributed by atoms with E-state index in [1.165, 1.54) is 131 Å². The highest BCUT2D eigenvalue weighted by Gasteiger charge is 2.62. The van der Waals surface area contributed by atoms with Crippen molar-refractivity contribution in [3.63, 3.8) is 0 Å². The fourth-order valence-electron chi connectivity index (χ4n) is 16.2. The van der Waals surface area contributed by atoms with Crippen LogP contribution in [-0.2, 0) is 28.1 Å². The first kappa shape index (κ1) is 48.2. The Kier molecular flexibility index (Phi) is 10.7. The third kappa shape index (κ3) is 7.02. The molecule has 5 aliphatic rings. The highest BCUT2D eigenvalue weighted by Crippen LogP contribution is 2.67. The summed E-state index contributed by atoms with van der Waals surface area (Å²) in [4.78, 5) is 2.80. The Morgan fingerprint density at radius 1 is 0.618 bits per heavy atom. The van der Waals surface area contributed by atoms with E-state index in [-0.39, 0.29) is 39.7 Å². The van der Waals surface area contributed by atoms with Crippen LogP contribution >= 0.6 is 11.3 Å². The van der Waals surface area contributed by atoms with Crippen LogP contribution in [0.2, 0.25) is 0 Å². The molecule has 0 N–H and O–H groups in total. The van der Waals surface area contributed by atoms with Crippen molar-refractivity contribution in [1.29, 1.82) is 0 Å².